The zero-order valence-corrected chi connectivity index (χ0v) is 12.1. The van der Waals surface area contributed by atoms with Gasteiger partial charge in [0.15, 0.2) is 5.82 Å². The minimum atomic E-state index is 0.776. The molecule has 0 aliphatic carbocycles. The van der Waals surface area contributed by atoms with Crippen molar-refractivity contribution in [2.75, 3.05) is 17.7 Å². The van der Waals surface area contributed by atoms with Crippen LogP contribution in [0.5, 0.6) is 0 Å². The molecule has 0 atom stereocenters. The summed E-state index contributed by atoms with van der Waals surface area (Å²) in [6, 6.07) is 8.42. The molecule has 4 heteroatoms. The van der Waals surface area contributed by atoms with Gasteiger partial charge in [0.1, 0.15) is 0 Å². The number of nitrogens with two attached hydrogens (primary N) is 1. The van der Waals surface area contributed by atoms with Gasteiger partial charge in [0.05, 0.1) is 11.4 Å². The first-order chi connectivity index (χ1) is 9.04. The molecule has 0 saturated carbocycles. The highest BCUT2D eigenvalue weighted by atomic mass is 15.4. The van der Waals surface area contributed by atoms with Crippen molar-refractivity contribution in [2.45, 2.75) is 33.9 Å². The molecule has 0 aliphatic heterocycles. The average Bonchev–Trinajstić information content (AvgIpc) is 2.68. The van der Waals surface area contributed by atoms with Crippen LogP contribution in [-0.4, -0.2) is 16.8 Å². The van der Waals surface area contributed by atoms with Crippen LogP contribution in [0.1, 0.15) is 23.7 Å². The summed E-state index contributed by atoms with van der Waals surface area (Å²) in [4.78, 5) is 2.17. The van der Waals surface area contributed by atoms with Crippen molar-refractivity contribution in [3.8, 4) is 0 Å². The highest BCUT2D eigenvalue weighted by molar-refractivity contribution is 5.66. The van der Waals surface area contributed by atoms with E-state index in [9.17, 15) is 0 Å². The quantitative estimate of drug-likeness (QED) is 0.917. The number of hydrogen-bond acceptors (Lipinski definition) is 3. The SMILES string of the molecule is CCn1nc(C)c(N)c1N(C)Cc1ccccc1C. The average molecular weight is 258 g/mol. The Morgan fingerprint density at radius 2 is 1.95 bits per heavy atom. The lowest BCUT2D eigenvalue weighted by Gasteiger charge is -2.21. The molecule has 1 aromatic carbocycles. The van der Waals surface area contributed by atoms with E-state index in [2.05, 4.69) is 55.2 Å². The molecule has 19 heavy (non-hydrogen) atoms. The number of aromatic nitrogens is 2. The number of nitrogens with zero attached hydrogens (tertiary/aromatic N) is 3. The molecule has 0 saturated heterocycles. The van der Waals surface area contributed by atoms with Crippen LogP contribution < -0.4 is 10.6 Å². The predicted molar refractivity (Wildman–Crippen MR) is 80.3 cm³/mol. The number of rotatable bonds is 4. The summed E-state index contributed by atoms with van der Waals surface area (Å²) in [6.45, 7) is 7.83. The summed E-state index contributed by atoms with van der Waals surface area (Å²) < 4.78 is 1.96. The van der Waals surface area contributed by atoms with E-state index in [0.29, 0.717) is 0 Å². The molecule has 1 heterocycles. The van der Waals surface area contributed by atoms with Crippen LogP contribution in [-0.2, 0) is 13.1 Å². The van der Waals surface area contributed by atoms with Gasteiger partial charge in [-0.15, -0.1) is 0 Å². The Labute approximate surface area is 114 Å². The molecule has 0 aliphatic rings. The van der Waals surface area contributed by atoms with E-state index in [4.69, 9.17) is 5.73 Å². The minimum Gasteiger partial charge on any atom is -0.394 e. The van der Waals surface area contributed by atoms with E-state index in [1.807, 2.05) is 11.6 Å². The fraction of sp³-hybridized carbons (Fsp3) is 0.400. The van der Waals surface area contributed by atoms with Crippen molar-refractivity contribution < 1.29 is 0 Å². The van der Waals surface area contributed by atoms with Crippen molar-refractivity contribution in [1.82, 2.24) is 9.78 Å². The Morgan fingerprint density at radius 3 is 2.58 bits per heavy atom. The zero-order valence-electron chi connectivity index (χ0n) is 12.1. The standard InChI is InChI=1S/C15H22N4/c1-5-19-15(14(16)12(3)17-19)18(4)10-13-9-7-6-8-11(13)2/h6-9H,5,10,16H2,1-4H3. The minimum absolute atomic E-state index is 0.776. The Balaban J connectivity index is 2.30. The van der Waals surface area contributed by atoms with Gasteiger partial charge in [-0.1, -0.05) is 24.3 Å². The second-order valence-corrected chi connectivity index (χ2v) is 4.92. The van der Waals surface area contributed by atoms with Gasteiger partial charge in [0, 0.05) is 20.1 Å². The summed E-state index contributed by atoms with van der Waals surface area (Å²) in [5.41, 5.74) is 10.4. The summed E-state index contributed by atoms with van der Waals surface area (Å²) in [7, 11) is 2.06. The van der Waals surface area contributed by atoms with E-state index >= 15 is 0 Å². The number of aryl methyl sites for hydroxylation is 3. The Kier molecular flexibility index (Phi) is 3.79. The van der Waals surface area contributed by atoms with Gasteiger partial charge in [0.2, 0.25) is 0 Å². The van der Waals surface area contributed by atoms with Crippen LogP contribution in [0.25, 0.3) is 0 Å². The fourth-order valence-electron chi connectivity index (χ4n) is 2.32. The Morgan fingerprint density at radius 1 is 1.26 bits per heavy atom. The lowest BCUT2D eigenvalue weighted by molar-refractivity contribution is 0.640. The second kappa shape index (κ2) is 5.34. The van der Waals surface area contributed by atoms with Crippen molar-refractivity contribution in [2.24, 2.45) is 0 Å². The molecule has 0 radical (unpaired) electrons. The lowest BCUT2D eigenvalue weighted by Crippen LogP contribution is -2.21. The molecular weight excluding hydrogens is 236 g/mol. The van der Waals surface area contributed by atoms with Crippen molar-refractivity contribution in [3.63, 3.8) is 0 Å². The van der Waals surface area contributed by atoms with E-state index in [-0.39, 0.29) is 0 Å². The number of hydrogen-bond donors (Lipinski definition) is 1. The predicted octanol–water partition coefficient (Wildman–Crippen LogP) is 2.74. The van der Waals surface area contributed by atoms with Crippen LogP contribution in [0.15, 0.2) is 24.3 Å². The summed E-state index contributed by atoms with van der Waals surface area (Å²) in [5.74, 6) is 1.00. The first-order valence-electron chi connectivity index (χ1n) is 6.63. The maximum atomic E-state index is 6.15. The van der Waals surface area contributed by atoms with Crippen LogP contribution >= 0.6 is 0 Å². The third-order valence-corrected chi connectivity index (χ3v) is 3.48. The zero-order chi connectivity index (χ0) is 14.0. The summed E-state index contributed by atoms with van der Waals surface area (Å²) >= 11 is 0. The lowest BCUT2D eigenvalue weighted by atomic mass is 10.1. The number of benzene rings is 1. The van der Waals surface area contributed by atoms with Gasteiger partial charge in [-0.3, -0.25) is 0 Å². The van der Waals surface area contributed by atoms with Crippen LogP contribution in [0.3, 0.4) is 0 Å². The van der Waals surface area contributed by atoms with Crippen molar-refractivity contribution in [3.05, 3.63) is 41.1 Å². The molecule has 2 N–H and O–H groups in total. The highest BCUT2D eigenvalue weighted by Gasteiger charge is 2.16. The van der Waals surface area contributed by atoms with Gasteiger partial charge in [-0.25, -0.2) is 4.68 Å². The topological polar surface area (TPSA) is 47.1 Å². The van der Waals surface area contributed by atoms with Gasteiger partial charge in [-0.2, -0.15) is 5.10 Å². The molecule has 102 valence electrons. The van der Waals surface area contributed by atoms with Crippen LogP contribution in [0, 0.1) is 13.8 Å². The molecule has 4 nitrogen and oxygen atoms in total. The normalized spacial score (nSPS) is 10.7. The first-order valence-corrected chi connectivity index (χ1v) is 6.63. The first kappa shape index (κ1) is 13.5. The summed E-state index contributed by atoms with van der Waals surface area (Å²) in [5, 5.41) is 4.46. The van der Waals surface area contributed by atoms with Crippen molar-refractivity contribution >= 4 is 11.5 Å². The molecule has 2 aromatic rings. The number of anilines is 2. The van der Waals surface area contributed by atoms with Gasteiger partial charge in [0.25, 0.3) is 0 Å². The van der Waals surface area contributed by atoms with E-state index in [1.54, 1.807) is 0 Å². The van der Waals surface area contributed by atoms with Gasteiger partial charge >= 0.3 is 0 Å². The molecule has 0 amide bonds. The molecule has 0 unspecified atom stereocenters. The Bertz CT molecular complexity index is 572. The molecule has 0 fully saturated rings. The smallest absolute Gasteiger partial charge is 0.150 e. The Hall–Kier alpha value is -1.97. The molecule has 0 spiro atoms. The molecule has 1 aromatic heterocycles. The summed E-state index contributed by atoms with van der Waals surface area (Å²) in [6.07, 6.45) is 0. The monoisotopic (exact) mass is 258 g/mol. The maximum absolute atomic E-state index is 6.15. The fourth-order valence-corrected chi connectivity index (χ4v) is 2.32. The second-order valence-electron chi connectivity index (χ2n) is 4.92. The highest BCUT2D eigenvalue weighted by Crippen LogP contribution is 2.27. The third-order valence-electron chi connectivity index (χ3n) is 3.48. The van der Waals surface area contributed by atoms with E-state index < -0.39 is 0 Å². The molecular formula is C15H22N4. The van der Waals surface area contributed by atoms with Gasteiger partial charge < -0.3 is 10.6 Å². The van der Waals surface area contributed by atoms with E-state index in [0.717, 1.165) is 30.3 Å². The maximum Gasteiger partial charge on any atom is 0.150 e. The molecule has 0 bridgehead atoms. The van der Waals surface area contributed by atoms with Crippen molar-refractivity contribution in [1.29, 1.82) is 0 Å². The largest absolute Gasteiger partial charge is 0.394 e. The van der Waals surface area contributed by atoms with Gasteiger partial charge in [-0.05, 0) is 31.9 Å². The van der Waals surface area contributed by atoms with Crippen LogP contribution in [0.4, 0.5) is 11.5 Å². The van der Waals surface area contributed by atoms with E-state index in [1.165, 1.54) is 11.1 Å². The third kappa shape index (κ3) is 2.57. The number of nitrogen functional groups attached to an aromatic ring is 1. The molecule has 2 rings (SSSR count). The van der Waals surface area contributed by atoms with Crippen LogP contribution in [0.2, 0.25) is 0 Å².